The summed E-state index contributed by atoms with van der Waals surface area (Å²) in [6.45, 7) is 6.28. The molecule has 0 radical (unpaired) electrons. The van der Waals surface area contributed by atoms with Gasteiger partial charge in [0.15, 0.2) is 5.65 Å². The van der Waals surface area contributed by atoms with Gasteiger partial charge in [-0.15, -0.1) is 11.6 Å². The van der Waals surface area contributed by atoms with Crippen LogP contribution in [-0.4, -0.2) is 27.0 Å². The van der Waals surface area contributed by atoms with Crippen LogP contribution in [-0.2, 0) is 10.7 Å². The molecule has 0 aliphatic heterocycles. The van der Waals surface area contributed by atoms with Gasteiger partial charge in [-0.3, -0.25) is 9.36 Å². The lowest BCUT2D eigenvalue weighted by Crippen LogP contribution is -2.31. The van der Waals surface area contributed by atoms with Gasteiger partial charge in [0.2, 0.25) is 5.91 Å². The lowest BCUT2D eigenvalue weighted by atomic mass is 10.2. The molecule has 0 saturated heterocycles. The molecule has 0 saturated carbocycles. The highest BCUT2D eigenvalue weighted by Gasteiger charge is 2.22. The third-order valence-corrected chi connectivity index (χ3v) is 3.33. The zero-order valence-electron chi connectivity index (χ0n) is 11.3. The number of likely N-dealkylation sites (N-methyl/N-ethyl adjacent to an activating group) is 1. The van der Waals surface area contributed by atoms with Crippen molar-refractivity contribution in [2.75, 3.05) is 6.54 Å². The Kier molecular flexibility index (Phi) is 4.04. The summed E-state index contributed by atoms with van der Waals surface area (Å²) in [5.74, 6) is 0.855. The molecule has 0 aliphatic carbocycles. The molecule has 1 N–H and O–H groups in total. The van der Waals surface area contributed by atoms with Gasteiger partial charge in [0.1, 0.15) is 17.4 Å². The number of aromatic nitrogens is 3. The highest BCUT2D eigenvalue weighted by atomic mass is 35.5. The largest absolute Gasteiger partial charge is 0.355 e. The Morgan fingerprint density at radius 2 is 2.32 bits per heavy atom. The summed E-state index contributed by atoms with van der Waals surface area (Å²) in [4.78, 5) is 20.8. The minimum atomic E-state index is -0.381. The van der Waals surface area contributed by atoms with E-state index in [1.54, 1.807) is 10.8 Å². The maximum absolute atomic E-state index is 12.0. The lowest BCUT2D eigenvalue weighted by Gasteiger charge is -2.15. The van der Waals surface area contributed by atoms with Crippen molar-refractivity contribution in [3.05, 3.63) is 23.7 Å². The third-order valence-electron chi connectivity index (χ3n) is 3.09. The zero-order valence-corrected chi connectivity index (χ0v) is 12.0. The molecule has 1 unspecified atom stereocenters. The van der Waals surface area contributed by atoms with E-state index in [9.17, 15) is 4.79 Å². The Bertz CT molecular complexity index is 608. The summed E-state index contributed by atoms with van der Waals surface area (Å²) in [5, 5.41) is 2.81. The molecular weight excluding hydrogens is 264 g/mol. The van der Waals surface area contributed by atoms with Crippen LogP contribution in [0.5, 0.6) is 0 Å². The van der Waals surface area contributed by atoms with Crippen molar-refractivity contribution < 1.29 is 4.79 Å². The van der Waals surface area contributed by atoms with Crippen molar-refractivity contribution in [1.29, 1.82) is 0 Å². The standard InChI is InChI=1S/C13H17ClN4O/c1-4-15-13(19)9(3)18-10(7-14)17-11-8(2)5-6-16-12(11)18/h5-6,9H,4,7H2,1-3H3,(H,15,19). The maximum atomic E-state index is 12.0. The van der Waals surface area contributed by atoms with Crippen LogP contribution in [0.4, 0.5) is 0 Å². The molecule has 6 heteroatoms. The minimum Gasteiger partial charge on any atom is -0.355 e. The van der Waals surface area contributed by atoms with E-state index in [4.69, 9.17) is 11.6 Å². The number of amides is 1. The van der Waals surface area contributed by atoms with E-state index < -0.39 is 0 Å². The van der Waals surface area contributed by atoms with Gasteiger partial charge in [-0.1, -0.05) is 0 Å². The molecule has 102 valence electrons. The minimum absolute atomic E-state index is 0.0588. The number of hydrogen-bond donors (Lipinski definition) is 1. The van der Waals surface area contributed by atoms with Crippen molar-refractivity contribution in [3.8, 4) is 0 Å². The van der Waals surface area contributed by atoms with E-state index >= 15 is 0 Å². The maximum Gasteiger partial charge on any atom is 0.242 e. The second kappa shape index (κ2) is 5.57. The van der Waals surface area contributed by atoms with Gasteiger partial charge in [0.25, 0.3) is 0 Å². The first-order chi connectivity index (χ1) is 9.10. The number of alkyl halides is 1. The second-order valence-electron chi connectivity index (χ2n) is 4.40. The van der Waals surface area contributed by atoms with Crippen molar-refractivity contribution in [1.82, 2.24) is 19.9 Å². The molecule has 19 heavy (non-hydrogen) atoms. The first kappa shape index (κ1) is 13.8. The highest BCUT2D eigenvalue weighted by molar-refractivity contribution is 6.16. The second-order valence-corrected chi connectivity index (χ2v) is 4.67. The fourth-order valence-corrected chi connectivity index (χ4v) is 2.28. The topological polar surface area (TPSA) is 59.8 Å². The molecule has 0 spiro atoms. The summed E-state index contributed by atoms with van der Waals surface area (Å²) in [6.07, 6.45) is 1.72. The fourth-order valence-electron chi connectivity index (χ4n) is 2.10. The van der Waals surface area contributed by atoms with E-state index in [2.05, 4.69) is 15.3 Å². The van der Waals surface area contributed by atoms with Crippen LogP contribution < -0.4 is 5.32 Å². The number of imidazole rings is 1. The molecule has 2 heterocycles. The van der Waals surface area contributed by atoms with Crippen LogP contribution in [0.1, 0.15) is 31.3 Å². The number of halogens is 1. The zero-order chi connectivity index (χ0) is 14.0. The van der Waals surface area contributed by atoms with Crippen LogP contribution in [0.3, 0.4) is 0 Å². The number of fused-ring (bicyclic) bond motifs is 1. The molecular formula is C13H17ClN4O. The Balaban J connectivity index is 2.57. The summed E-state index contributed by atoms with van der Waals surface area (Å²) in [6, 6.07) is 1.52. The molecule has 5 nitrogen and oxygen atoms in total. The number of hydrogen-bond acceptors (Lipinski definition) is 3. The van der Waals surface area contributed by atoms with Crippen LogP contribution in [0, 0.1) is 6.92 Å². The molecule has 0 fully saturated rings. The monoisotopic (exact) mass is 280 g/mol. The first-order valence-corrected chi connectivity index (χ1v) is 6.79. The third kappa shape index (κ3) is 2.42. The Labute approximate surface area is 117 Å². The number of carbonyl (C=O) groups is 1. The normalized spacial score (nSPS) is 12.6. The van der Waals surface area contributed by atoms with Crippen molar-refractivity contribution in [2.24, 2.45) is 0 Å². The van der Waals surface area contributed by atoms with E-state index in [1.165, 1.54) is 0 Å². The average molecular weight is 281 g/mol. The number of carbonyl (C=O) groups excluding carboxylic acids is 1. The van der Waals surface area contributed by atoms with Crippen molar-refractivity contribution in [3.63, 3.8) is 0 Å². The first-order valence-electron chi connectivity index (χ1n) is 6.26. The van der Waals surface area contributed by atoms with E-state index in [1.807, 2.05) is 26.8 Å². The molecule has 1 amide bonds. The van der Waals surface area contributed by atoms with Crippen molar-refractivity contribution in [2.45, 2.75) is 32.7 Å². The number of aryl methyl sites for hydroxylation is 1. The quantitative estimate of drug-likeness (QED) is 0.873. The van der Waals surface area contributed by atoms with Gasteiger partial charge in [0, 0.05) is 12.7 Å². The van der Waals surface area contributed by atoms with Gasteiger partial charge in [-0.2, -0.15) is 0 Å². The van der Waals surface area contributed by atoms with Crippen LogP contribution in [0.2, 0.25) is 0 Å². The molecule has 0 bridgehead atoms. The molecule has 2 aromatic heterocycles. The fraction of sp³-hybridized carbons (Fsp3) is 0.462. The lowest BCUT2D eigenvalue weighted by molar-refractivity contribution is -0.123. The predicted molar refractivity (Wildman–Crippen MR) is 75.2 cm³/mol. The molecule has 1 atom stereocenters. The van der Waals surface area contributed by atoms with Crippen LogP contribution in [0.25, 0.3) is 11.2 Å². The summed E-state index contributed by atoms with van der Waals surface area (Å²) in [5.41, 5.74) is 2.53. The SMILES string of the molecule is CCNC(=O)C(C)n1c(CCl)nc2c(C)ccnc21. The summed E-state index contributed by atoms with van der Waals surface area (Å²) >= 11 is 5.94. The molecule has 0 aliphatic rings. The van der Waals surface area contributed by atoms with Crippen LogP contribution >= 0.6 is 11.6 Å². The van der Waals surface area contributed by atoms with Crippen molar-refractivity contribution >= 4 is 28.7 Å². The predicted octanol–water partition coefficient (Wildman–Crippen LogP) is 2.18. The molecule has 2 aromatic rings. The number of nitrogens with zero attached hydrogens (tertiary/aromatic N) is 3. The smallest absolute Gasteiger partial charge is 0.242 e. The molecule has 2 rings (SSSR count). The number of pyridine rings is 1. The number of nitrogens with one attached hydrogen (secondary N) is 1. The van der Waals surface area contributed by atoms with Crippen LogP contribution in [0.15, 0.2) is 12.3 Å². The molecule has 0 aromatic carbocycles. The Morgan fingerprint density at radius 1 is 1.58 bits per heavy atom. The van der Waals surface area contributed by atoms with E-state index in [-0.39, 0.29) is 17.8 Å². The van der Waals surface area contributed by atoms with Gasteiger partial charge >= 0.3 is 0 Å². The Morgan fingerprint density at radius 3 is 2.95 bits per heavy atom. The summed E-state index contributed by atoms with van der Waals surface area (Å²) < 4.78 is 1.81. The van der Waals surface area contributed by atoms with Gasteiger partial charge in [0.05, 0.1) is 5.88 Å². The van der Waals surface area contributed by atoms with Gasteiger partial charge in [-0.05, 0) is 32.4 Å². The van der Waals surface area contributed by atoms with Gasteiger partial charge in [-0.25, -0.2) is 9.97 Å². The van der Waals surface area contributed by atoms with E-state index in [0.29, 0.717) is 18.0 Å². The number of rotatable bonds is 4. The van der Waals surface area contributed by atoms with Gasteiger partial charge < -0.3 is 5.32 Å². The summed E-state index contributed by atoms with van der Waals surface area (Å²) in [7, 11) is 0. The Hall–Kier alpha value is -1.62. The van der Waals surface area contributed by atoms with E-state index in [0.717, 1.165) is 11.1 Å². The average Bonchev–Trinajstić information content (AvgIpc) is 2.78. The highest BCUT2D eigenvalue weighted by Crippen LogP contribution is 2.23.